The number of hydrogen-bond acceptors (Lipinski definition) is 4. The predicted octanol–water partition coefficient (Wildman–Crippen LogP) is 1.39. The Bertz CT molecular complexity index is 1310. The largest absolute Gasteiger partial charge is 0.396 e. The van der Waals surface area contributed by atoms with Gasteiger partial charge in [-0.05, 0) is 32.3 Å². The van der Waals surface area contributed by atoms with Gasteiger partial charge in [0.1, 0.15) is 0 Å². The van der Waals surface area contributed by atoms with Gasteiger partial charge in [-0.1, -0.05) is 30.3 Å². The van der Waals surface area contributed by atoms with Gasteiger partial charge in [0.2, 0.25) is 5.78 Å². The van der Waals surface area contributed by atoms with Crippen molar-refractivity contribution in [2.45, 2.75) is 39.8 Å². The van der Waals surface area contributed by atoms with Gasteiger partial charge in [0.05, 0.1) is 0 Å². The van der Waals surface area contributed by atoms with E-state index >= 15 is 0 Å². The zero-order chi connectivity index (χ0) is 20.7. The fourth-order valence-electron chi connectivity index (χ4n) is 3.89. The van der Waals surface area contributed by atoms with Gasteiger partial charge in [-0.2, -0.15) is 4.98 Å². The smallest absolute Gasteiger partial charge is 0.332 e. The Kier molecular flexibility index (Phi) is 4.87. The lowest BCUT2D eigenvalue weighted by Crippen LogP contribution is -2.39. The lowest BCUT2D eigenvalue weighted by atomic mass is 10.1. The highest BCUT2D eigenvalue weighted by molar-refractivity contribution is 5.76. The van der Waals surface area contributed by atoms with Crippen LogP contribution in [0.3, 0.4) is 0 Å². The number of imidazole rings is 2. The first kappa shape index (κ1) is 19.2. The Hall–Kier alpha value is -3.13. The molecule has 0 unspecified atom stereocenters. The van der Waals surface area contributed by atoms with Crippen molar-refractivity contribution in [2.24, 2.45) is 7.05 Å². The average Bonchev–Trinajstić information content (AvgIpc) is 3.22. The number of aliphatic hydroxyl groups excluding tert-OH is 1. The summed E-state index contributed by atoms with van der Waals surface area (Å²) in [6.07, 6.45) is 1.19. The van der Waals surface area contributed by atoms with Gasteiger partial charge in [0.15, 0.2) is 11.2 Å². The van der Waals surface area contributed by atoms with Gasteiger partial charge in [-0.15, -0.1) is 0 Å². The number of aromatic nitrogens is 5. The maximum atomic E-state index is 13.3. The van der Waals surface area contributed by atoms with E-state index in [0.29, 0.717) is 42.9 Å². The Balaban J connectivity index is 1.92. The zero-order valence-corrected chi connectivity index (χ0v) is 16.9. The van der Waals surface area contributed by atoms with Gasteiger partial charge in [-0.3, -0.25) is 18.3 Å². The summed E-state index contributed by atoms with van der Waals surface area (Å²) in [5.41, 5.74) is 3.08. The van der Waals surface area contributed by atoms with E-state index in [2.05, 4.69) is 4.98 Å². The second kappa shape index (κ2) is 7.36. The molecule has 0 saturated heterocycles. The maximum Gasteiger partial charge on any atom is 0.332 e. The first-order valence-electron chi connectivity index (χ1n) is 9.78. The minimum atomic E-state index is -0.365. The molecule has 0 atom stereocenters. The van der Waals surface area contributed by atoms with E-state index in [0.717, 1.165) is 17.0 Å². The van der Waals surface area contributed by atoms with Crippen LogP contribution in [-0.4, -0.2) is 34.8 Å². The Morgan fingerprint density at radius 3 is 2.41 bits per heavy atom. The van der Waals surface area contributed by atoms with Crippen LogP contribution in [0, 0.1) is 13.8 Å². The Morgan fingerprint density at radius 2 is 1.72 bits per heavy atom. The monoisotopic (exact) mass is 395 g/mol. The summed E-state index contributed by atoms with van der Waals surface area (Å²) in [5, 5.41) is 9.21. The molecule has 4 rings (SSSR count). The molecule has 0 bridgehead atoms. The predicted molar refractivity (Wildman–Crippen MR) is 112 cm³/mol. The number of rotatable bonds is 6. The SMILES string of the molecule is Cc1c(C)n2c3c(=O)n(CCc4ccccc4)c(=O)n(C)c3nc2n1CCCO. The summed E-state index contributed by atoms with van der Waals surface area (Å²) in [5.74, 6) is 0.622. The van der Waals surface area contributed by atoms with E-state index in [1.807, 2.05) is 53.1 Å². The molecule has 0 spiro atoms. The van der Waals surface area contributed by atoms with Gasteiger partial charge < -0.3 is 9.67 Å². The molecule has 4 aromatic rings. The van der Waals surface area contributed by atoms with Crippen molar-refractivity contribution < 1.29 is 5.11 Å². The number of hydrogen-bond donors (Lipinski definition) is 1. The molecule has 0 aliphatic heterocycles. The highest BCUT2D eigenvalue weighted by Gasteiger charge is 2.22. The Labute approximate surface area is 167 Å². The molecule has 3 aromatic heterocycles. The number of aliphatic hydroxyl groups is 1. The van der Waals surface area contributed by atoms with Crippen LogP contribution in [0.5, 0.6) is 0 Å². The molecule has 8 nitrogen and oxygen atoms in total. The minimum Gasteiger partial charge on any atom is -0.396 e. The molecule has 0 saturated carbocycles. The summed E-state index contributed by atoms with van der Waals surface area (Å²) in [6, 6.07) is 9.80. The van der Waals surface area contributed by atoms with Crippen molar-refractivity contribution in [3.8, 4) is 0 Å². The van der Waals surface area contributed by atoms with Crippen LogP contribution < -0.4 is 11.2 Å². The fraction of sp³-hybridized carbons (Fsp3) is 0.381. The normalized spacial score (nSPS) is 11.7. The summed E-state index contributed by atoms with van der Waals surface area (Å²) in [4.78, 5) is 30.8. The van der Waals surface area contributed by atoms with Gasteiger partial charge in [-0.25, -0.2) is 4.79 Å². The van der Waals surface area contributed by atoms with Crippen molar-refractivity contribution in [1.82, 2.24) is 23.1 Å². The molecular formula is C21H25N5O3. The van der Waals surface area contributed by atoms with E-state index in [9.17, 15) is 14.7 Å². The molecule has 0 fully saturated rings. The van der Waals surface area contributed by atoms with Crippen LogP contribution >= 0.6 is 0 Å². The topological polar surface area (TPSA) is 86.5 Å². The van der Waals surface area contributed by atoms with Gasteiger partial charge in [0.25, 0.3) is 5.56 Å². The molecule has 1 aromatic carbocycles. The standard InChI is InChI=1S/C21H25N5O3/c1-14-15(2)26-17-18(22-20(26)24(14)11-7-13-27)23(3)21(29)25(19(17)28)12-10-16-8-5-4-6-9-16/h4-6,8-9,27H,7,10-13H2,1-3H3. The van der Waals surface area contributed by atoms with E-state index in [1.54, 1.807) is 7.05 Å². The summed E-state index contributed by atoms with van der Waals surface area (Å²) in [6.45, 7) is 4.90. The first-order chi connectivity index (χ1) is 14.0. The van der Waals surface area contributed by atoms with E-state index < -0.39 is 0 Å². The third-order valence-corrected chi connectivity index (χ3v) is 5.64. The minimum absolute atomic E-state index is 0.0772. The third kappa shape index (κ3) is 3.00. The fourth-order valence-corrected chi connectivity index (χ4v) is 3.89. The number of nitrogens with zero attached hydrogens (tertiary/aromatic N) is 5. The van der Waals surface area contributed by atoms with Crippen LogP contribution in [0.4, 0.5) is 0 Å². The van der Waals surface area contributed by atoms with E-state index in [4.69, 9.17) is 0 Å². The molecular weight excluding hydrogens is 370 g/mol. The maximum absolute atomic E-state index is 13.3. The van der Waals surface area contributed by atoms with Gasteiger partial charge in [0, 0.05) is 38.1 Å². The van der Waals surface area contributed by atoms with Crippen molar-refractivity contribution in [2.75, 3.05) is 6.61 Å². The van der Waals surface area contributed by atoms with Crippen molar-refractivity contribution in [3.05, 3.63) is 68.1 Å². The van der Waals surface area contributed by atoms with Crippen molar-refractivity contribution in [3.63, 3.8) is 0 Å². The summed E-state index contributed by atoms with van der Waals surface area (Å²) < 4.78 is 6.57. The van der Waals surface area contributed by atoms with Crippen LogP contribution in [0.2, 0.25) is 0 Å². The van der Waals surface area contributed by atoms with Crippen molar-refractivity contribution in [1.29, 1.82) is 0 Å². The van der Waals surface area contributed by atoms with Crippen LogP contribution in [0.25, 0.3) is 16.9 Å². The second-order valence-electron chi connectivity index (χ2n) is 7.35. The highest BCUT2D eigenvalue weighted by Crippen LogP contribution is 2.20. The summed E-state index contributed by atoms with van der Waals surface area (Å²) >= 11 is 0. The van der Waals surface area contributed by atoms with Crippen molar-refractivity contribution >= 4 is 16.9 Å². The van der Waals surface area contributed by atoms with E-state index in [-0.39, 0.29) is 17.9 Å². The lowest BCUT2D eigenvalue weighted by Gasteiger charge is -2.08. The molecule has 1 N–H and O–H groups in total. The first-order valence-corrected chi connectivity index (χ1v) is 9.78. The molecule has 3 heterocycles. The van der Waals surface area contributed by atoms with Crippen LogP contribution in [0.15, 0.2) is 39.9 Å². The Morgan fingerprint density at radius 1 is 1.00 bits per heavy atom. The number of benzene rings is 1. The quantitative estimate of drug-likeness (QED) is 0.535. The highest BCUT2D eigenvalue weighted by atomic mass is 16.3. The number of fused-ring (bicyclic) bond motifs is 3. The molecule has 0 amide bonds. The average molecular weight is 395 g/mol. The van der Waals surface area contributed by atoms with E-state index in [1.165, 1.54) is 9.13 Å². The van der Waals surface area contributed by atoms with Crippen LogP contribution in [0.1, 0.15) is 23.4 Å². The molecule has 0 aliphatic carbocycles. The van der Waals surface area contributed by atoms with Gasteiger partial charge >= 0.3 is 5.69 Å². The lowest BCUT2D eigenvalue weighted by molar-refractivity contribution is 0.280. The third-order valence-electron chi connectivity index (χ3n) is 5.64. The molecule has 29 heavy (non-hydrogen) atoms. The summed E-state index contributed by atoms with van der Waals surface area (Å²) in [7, 11) is 1.65. The van der Waals surface area contributed by atoms with Crippen LogP contribution in [-0.2, 0) is 26.6 Å². The molecule has 0 aliphatic rings. The number of aryl methyl sites for hydroxylation is 4. The second-order valence-corrected chi connectivity index (χ2v) is 7.35. The molecule has 0 radical (unpaired) electrons. The molecule has 8 heteroatoms. The molecule has 152 valence electrons. The zero-order valence-electron chi connectivity index (χ0n) is 16.9.